The van der Waals surface area contributed by atoms with E-state index in [2.05, 4.69) is 21.9 Å². The first-order valence-corrected chi connectivity index (χ1v) is 21.4. The zero-order valence-corrected chi connectivity index (χ0v) is 35.0. The maximum atomic E-state index is 14.8. The van der Waals surface area contributed by atoms with Crippen LogP contribution in [0.25, 0.3) is 22.2 Å². The number of benzene rings is 2. The monoisotopic (exact) mass is 842 g/mol. The molecule has 2 aromatic carbocycles. The number of sulfonamides is 1. The van der Waals surface area contributed by atoms with Crippen molar-refractivity contribution in [1.82, 2.24) is 30.1 Å². The van der Waals surface area contributed by atoms with Gasteiger partial charge in [0.25, 0.3) is 5.91 Å². The number of methoxy groups -OCH3 is 1. The molecule has 2 saturated carbocycles. The lowest BCUT2D eigenvalue weighted by molar-refractivity contribution is -0.142. The number of carbonyl (C=O) groups is 5. The normalized spacial score (nSPS) is 22.9. The van der Waals surface area contributed by atoms with Crippen molar-refractivity contribution in [2.45, 2.75) is 88.0 Å². The highest BCUT2D eigenvalue weighted by Gasteiger charge is 2.63. The van der Waals surface area contributed by atoms with Gasteiger partial charge in [0.1, 0.15) is 40.8 Å². The first-order valence-electron chi connectivity index (χ1n) is 19.9. The van der Waals surface area contributed by atoms with Crippen molar-refractivity contribution >= 4 is 50.6 Å². The van der Waals surface area contributed by atoms with Crippen molar-refractivity contribution in [2.24, 2.45) is 5.92 Å². The molecule has 318 valence electrons. The van der Waals surface area contributed by atoms with E-state index in [9.17, 15) is 32.4 Å². The van der Waals surface area contributed by atoms with Crippen LogP contribution in [0.5, 0.6) is 11.5 Å². The molecule has 7 rings (SSSR count). The van der Waals surface area contributed by atoms with Crippen LogP contribution in [-0.2, 0) is 33.9 Å². The Bertz CT molecular complexity index is 2380. The van der Waals surface area contributed by atoms with Crippen LogP contribution in [0.15, 0.2) is 78.9 Å². The molecule has 2 aliphatic carbocycles. The van der Waals surface area contributed by atoms with E-state index in [4.69, 9.17) is 19.2 Å². The zero-order chi connectivity index (χ0) is 43.1. The van der Waals surface area contributed by atoms with E-state index in [0.717, 1.165) is 5.56 Å². The molecule has 3 aromatic rings. The number of aromatic nitrogens is 1. The summed E-state index contributed by atoms with van der Waals surface area (Å²) in [5, 5.41) is 5.39. The van der Waals surface area contributed by atoms with Gasteiger partial charge in [-0.3, -0.25) is 23.9 Å². The first kappa shape index (κ1) is 42.2. The van der Waals surface area contributed by atoms with Gasteiger partial charge in [0.05, 0.1) is 36.7 Å². The summed E-state index contributed by atoms with van der Waals surface area (Å²) in [6, 6.07) is 14.0. The van der Waals surface area contributed by atoms with E-state index in [1.165, 1.54) is 15.9 Å². The number of fused-ring (bicyclic) bond motifs is 1. The van der Waals surface area contributed by atoms with Crippen molar-refractivity contribution in [3.8, 4) is 22.8 Å². The van der Waals surface area contributed by atoms with E-state index in [0.29, 0.717) is 46.5 Å². The van der Waals surface area contributed by atoms with Crippen LogP contribution >= 0.6 is 0 Å². The number of likely N-dealkylation sites (tertiary alicyclic amines) is 1. The van der Waals surface area contributed by atoms with Gasteiger partial charge in [-0.2, -0.15) is 0 Å². The molecule has 0 radical (unpaired) electrons. The lowest BCUT2D eigenvalue weighted by Gasteiger charge is -2.32. The number of ether oxygens (including phenoxy) is 3. The number of hydrogen-bond acceptors (Lipinski definition) is 11. The molecule has 5 atom stereocenters. The number of nitrogens with zero attached hydrogens (tertiary/aromatic N) is 3. The quantitative estimate of drug-likeness (QED) is 0.200. The SMILES string of the molecule is C=C(C)[C@@H]1C[C@]1(NC(=O)[C@@H]1C[C@@H](Oc2cc(-c3ccccc3)nc3cc(OC)ccc23)CN1C(=O)[C@H](CN1CC=CC1=O)NC(=O)OC(C)(C)C)C(=O)NS(=O)(=O)C1CC1. The fraction of sp³-hybridized carbons (Fsp3) is 0.442. The minimum absolute atomic E-state index is 0.0582. The van der Waals surface area contributed by atoms with Crippen LogP contribution < -0.4 is 24.8 Å². The third-order valence-corrected chi connectivity index (χ3v) is 12.8. The molecule has 17 heteroatoms. The fourth-order valence-corrected chi connectivity index (χ4v) is 9.06. The Labute approximate surface area is 348 Å². The van der Waals surface area contributed by atoms with Gasteiger partial charge in [0, 0.05) is 48.0 Å². The van der Waals surface area contributed by atoms with Gasteiger partial charge in [0.2, 0.25) is 27.7 Å². The van der Waals surface area contributed by atoms with Crippen LogP contribution in [0.1, 0.15) is 53.4 Å². The molecule has 0 bridgehead atoms. The minimum Gasteiger partial charge on any atom is -0.497 e. The molecule has 2 aliphatic heterocycles. The Morgan fingerprint density at radius 3 is 2.42 bits per heavy atom. The maximum Gasteiger partial charge on any atom is 0.408 e. The van der Waals surface area contributed by atoms with Gasteiger partial charge < -0.3 is 34.6 Å². The van der Waals surface area contributed by atoms with E-state index in [1.807, 2.05) is 30.3 Å². The van der Waals surface area contributed by atoms with Crippen molar-refractivity contribution < 1.29 is 46.6 Å². The third kappa shape index (κ3) is 9.10. The average molecular weight is 843 g/mol. The molecule has 16 nitrogen and oxygen atoms in total. The van der Waals surface area contributed by atoms with Crippen molar-refractivity contribution in [3.05, 3.63) is 78.9 Å². The van der Waals surface area contributed by atoms with Gasteiger partial charge in [-0.1, -0.05) is 48.6 Å². The summed E-state index contributed by atoms with van der Waals surface area (Å²) in [5.41, 5.74) is 0.00946. The summed E-state index contributed by atoms with van der Waals surface area (Å²) < 4.78 is 45.6. The lowest BCUT2D eigenvalue weighted by atomic mass is 10.1. The Hall–Kier alpha value is -5.97. The largest absolute Gasteiger partial charge is 0.497 e. The number of amides is 5. The standard InChI is InChI=1S/C43H50N6O10S/c1-25(2)31-22-43(31,40(53)47-60(55,56)29-15-16-29)46-38(51)35-20-28(23-49(35)39(52)34(24-48-18-10-13-37(48)50)45-41(54)59-42(3,4)5)58-36-21-32(26-11-8-7-9-12-26)44-33-19-27(57-6)14-17-30(33)36/h7-14,17,19,21,28-29,31,34-35H,1,15-16,18,20,22-24H2,2-6H3,(H,45,54)(H,46,51)(H,47,53)/t28-,31+,34+,35+,43-/m1/s1. The van der Waals surface area contributed by atoms with Crippen LogP contribution in [-0.4, -0.2) is 114 Å². The zero-order valence-electron chi connectivity index (χ0n) is 34.2. The summed E-state index contributed by atoms with van der Waals surface area (Å²) in [6.45, 7) is 10.5. The number of rotatable bonds is 14. The van der Waals surface area contributed by atoms with E-state index >= 15 is 0 Å². The summed E-state index contributed by atoms with van der Waals surface area (Å²) >= 11 is 0. The van der Waals surface area contributed by atoms with Crippen molar-refractivity contribution in [1.29, 1.82) is 0 Å². The minimum atomic E-state index is -3.97. The Morgan fingerprint density at radius 1 is 1.07 bits per heavy atom. The second kappa shape index (κ2) is 16.2. The highest BCUT2D eigenvalue weighted by Crippen LogP contribution is 2.49. The van der Waals surface area contributed by atoms with Crippen molar-refractivity contribution in [3.63, 3.8) is 0 Å². The second-order valence-corrected chi connectivity index (χ2v) is 18.8. The van der Waals surface area contributed by atoms with Gasteiger partial charge in [-0.25, -0.2) is 18.2 Å². The summed E-state index contributed by atoms with van der Waals surface area (Å²) in [7, 11) is -2.41. The topological polar surface area (TPSA) is 203 Å². The molecule has 0 unspecified atom stereocenters. The van der Waals surface area contributed by atoms with Crippen LogP contribution in [0, 0.1) is 5.92 Å². The predicted octanol–water partition coefficient (Wildman–Crippen LogP) is 3.61. The summed E-state index contributed by atoms with van der Waals surface area (Å²) in [4.78, 5) is 76.6. The van der Waals surface area contributed by atoms with E-state index < -0.39 is 74.3 Å². The predicted molar refractivity (Wildman–Crippen MR) is 221 cm³/mol. The van der Waals surface area contributed by atoms with Crippen LogP contribution in [0.4, 0.5) is 4.79 Å². The average Bonchev–Trinajstić information content (AvgIpc) is 4.10. The first-order chi connectivity index (χ1) is 28.4. The van der Waals surface area contributed by atoms with Crippen LogP contribution in [0.3, 0.4) is 0 Å². The molecule has 3 fully saturated rings. The van der Waals surface area contributed by atoms with Gasteiger partial charge in [-0.05, 0) is 59.1 Å². The Balaban J connectivity index is 1.23. The van der Waals surface area contributed by atoms with Gasteiger partial charge >= 0.3 is 6.09 Å². The fourth-order valence-electron chi connectivity index (χ4n) is 7.70. The molecule has 0 spiro atoms. The number of carbonyl (C=O) groups excluding carboxylic acids is 5. The molecule has 1 aromatic heterocycles. The maximum absolute atomic E-state index is 14.8. The van der Waals surface area contributed by atoms with Crippen LogP contribution in [0.2, 0.25) is 0 Å². The van der Waals surface area contributed by atoms with Gasteiger partial charge in [-0.15, -0.1) is 0 Å². The highest BCUT2D eigenvalue weighted by molar-refractivity contribution is 7.91. The molecule has 3 N–H and O–H groups in total. The molecule has 5 amide bonds. The van der Waals surface area contributed by atoms with Crippen molar-refractivity contribution in [2.75, 3.05) is 26.7 Å². The number of pyridine rings is 1. The molecule has 3 heterocycles. The Morgan fingerprint density at radius 2 is 1.80 bits per heavy atom. The second-order valence-electron chi connectivity index (χ2n) is 16.8. The summed E-state index contributed by atoms with van der Waals surface area (Å²) in [5.74, 6) is -2.25. The lowest BCUT2D eigenvalue weighted by Crippen LogP contribution is -2.60. The summed E-state index contributed by atoms with van der Waals surface area (Å²) in [6.07, 6.45) is 2.18. The molecular weight excluding hydrogens is 793 g/mol. The van der Waals surface area contributed by atoms with Gasteiger partial charge in [0.15, 0.2) is 0 Å². The highest BCUT2D eigenvalue weighted by atomic mass is 32.2. The van der Waals surface area contributed by atoms with E-state index in [1.54, 1.807) is 65.1 Å². The number of alkyl carbamates (subject to hydrolysis) is 1. The van der Waals surface area contributed by atoms with E-state index in [-0.39, 0.29) is 38.4 Å². The molecule has 4 aliphatic rings. The number of hydrogen-bond donors (Lipinski definition) is 3. The Kier molecular flexibility index (Phi) is 11.4. The molecule has 60 heavy (non-hydrogen) atoms. The molecule has 1 saturated heterocycles. The molecular formula is C43H50N6O10S. The third-order valence-electron chi connectivity index (χ3n) is 11.0. The smallest absolute Gasteiger partial charge is 0.408 e. The number of nitrogens with one attached hydrogen (secondary N) is 3.